The van der Waals surface area contributed by atoms with E-state index < -0.39 is 0 Å². The lowest BCUT2D eigenvalue weighted by atomic mass is 10.1. The van der Waals surface area contributed by atoms with Crippen molar-refractivity contribution in [1.82, 2.24) is 9.30 Å². The molecule has 26 heavy (non-hydrogen) atoms. The largest absolute Gasteiger partial charge is 0.497 e. The third-order valence-electron chi connectivity index (χ3n) is 4.61. The number of nitrogens with zero attached hydrogens (tertiary/aromatic N) is 2. The van der Waals surface area contributed by atoms with Gasteiger partial charge in [0, 0.05) is 35.8 Å². The van der Waals surface area contributed by atoms with Crippen LogP contribution in [0.25, 0.3) is 5.52 Å². The van der Waals surface area contributed by atoms with Crippen molar-refractivity contribution in [2.45, 2.75) is 5.37 Å². The third kappa shape index (κ3) is 2.90. The van der Waals surface area contributed by atoms with Gasteiger partial charge in [-0.3, -0.25) is 4.79 Å². The zero-order valence-corrected chi connectivity index (χ0v) is 15.5. The van der Waals surface area contributed by atoms with E-state index in [1.807, 2.05) is 64.2 Å². The first-order chi connectivity index (χ1) is 12.7. The summed E-state index contributed by atoms with van der Waals surface area (Å²) in [7, 11) is 3.29. The van der Waals surface area contributed by atoms with Crippen LogP contribution in [0.3, 0.4) is 0 Å². The fourth-order valence-corrected chi connectivity index (χ4v) is 4.58. The zero-order chi connectivity index (χ0) is 18.1. The van der Waals surface area contributed by atoms with Crippen molar-refractivity contribution >= 4 is 23.2 Å². The maximum atomic E-state index is 13.2. The summed E-state index contributed by atoms with van der Waals surface area (Å²) < 4.78 is 12.9. The highest BCUT2D eigenvalue weighted by molar-refractivity contribution is 7.99. The highest BCUT2D eigenvalue weighted by Crippen LogP contribution is 2.43. The summed E-state index contributed by atoms with van der Waals surface area (Å²) in [6.45, 7) is 0.709. The topological polar surface area (TPSA) is 43.2 Å². The van der Waals surface area contributed by atoms with E-state index in [-0.39, 0.29) is 11.3 Å². The predicted molar refractivity (Wildman–Crippen MR) is 103 cm³/mol. The van der Waals surface area contributed by atoms with Crippen LogP contribution in [0.15, 0.2) is 54.9 Å². The van der Waals surface area contributed by atoms with Gasteiger partial charge in [-0.1, -0.05) is 6.07 Å². The number of carbonyl (C=O) groups excluding carboxylic acids is 1. The van der Waals surface area contributed by atoms with Gasteiger partial charge in [-0.2, -0.15) is 0 Å². The number of thioether (sulfide) groups is 1. The molecule has 1 fully saturated rings. The quantitative estimate of drug-likeness (QED) is 0.702. The fourth-order valence-electron chi connectivity index (χ4n) is 3.31. The van der Waals surface area contributed by atoms with E-state index in [9.17, 15) is 4.79 Å². The first-order valence-corrected chi connectivity index (χ1v) is 9.47. The number of pyridine rings is 1. The summed E-state index contributed by atoms with van der Waals surface area (Å²) in [6, 6.07) is 13.6. The molecule has 3 heterocycles. The number of ether oxygens (including phenoxy) is 2. The number of rotatable bonds is 4. The molecule has 134 valence electrons. The molecule has 0 spiro atoms. The summed E-state index contributed by atoms with van der Waals surface area (Å²) in [6.07, 6.45) is 3.84. The lowest BCUT2D eigenvalue weighted by Crippen LogP contribution is -2.30. The fraction of sp³-hybridized carbons (Fsp3) is 0.250. The Hall–Kier alpha value is -2.60. The van der Waals surface area contributed by atoms with Crippen molar-refractivity contribution in [3.05, 3.63) is 66.0 Å². The highest BCUT2D eigenvalue weighted by Gasteiger charge is 2.33. The molecule has 0 bridgehead atoms. The summed E-state index contributed by atoms with van der Waals surface area (Å²) in [5.74, 6) is 2.46. The van der Waals surface area contributed by atoms with Gasteiger partial charge >= 0.3 is 0 Å². The van der Waals surface area contributed by atoms with Gasteiger partial charge in [0.05, 0.1) is 19.8 Å². The molecule has 6 heteroatoms. The molecule has 1 aromatic carbocycles. The number of carbonyl (C=O) groups is 1. The van der Waals surface area contributed by atoms with Crippen LogP contribution >= 0.6 is 11.8 Å². The lowest BCUT2D eigenvalue weighted by Gasteiger charge is -2.25. The van der Waals surface area contributed by atoms with Gasteiger partial charge in [-0.25, -0.2) is 0 Å². The van der Waals surface area contributed by atoms with E-state index in [0.29, 0.717) is 12.1 Å². The standard InChI is InChI=1S/C20H20N2O3S/c1-24-16-6-7-18(25-2)17(12-16)20-22(9-10-26-20)19(23)14-11-15-5-3-4-8-21(15)13-14/h3-8,11-13,20H,9-10H2,1-2H3. The van der Waals surface area contributed by atoms with Gasteiger partial charge in [0.1, 0.15) is 16.9 Å². The van der Waals surface area contributed by atoms with E-state index in [4.69, 9.17) is 9.47 Å². The van der Waals surface area contributed by atoms with E-state index in [1.165, 1.54) is 0 Å². The minimum Gasteiger partial charge on any atom is -0.497 e. The molecule has 1 aliphatic heterocycles. The molecule has 1 unspecified atom stereocenters. The van der Waals surface area contributed by atoms with Crippen LogP contribution in [0, 0.1) is 0 Å². The van der Waals surface area contributed by atoms with Crippen LogP contribution in [0.2, 0.25) is 0 Å². The van der Waals surface area contributed by atoms with Crippen LogP contribution in [0.4, 0.5) is 0 Å². The molecule has 1 atom stereocenters. The second kappa shape index (κ2) is 6.96. The normalized spacial score (nSPS) is 16.8. The van der Waals surface area contributed by atoms with Crippen LogP contribution < -0.4 is 9.47 Å². The second-order valence-electron chi connectivity index (χ2n) is 6.09. The average molecular weight is 368 g/mol. The van der Waals surface area contributed by atoms with E-state index in [0.717, 1.165) is 28.3 Å². The van der Waals surface area contributed by atoms with Gasteiger partial charge in [-0.05, 0) is 36.4 Å². The number of methoxy groups -OCH3 is 2. The van der Waals surface area contributed by atoms with Crippen LogP contribution in [-0.4, -0.2) is 41.7 Å². The smallest absolute Gasteiger partial charge is 0.256 e. The first kappa shape index (κ1) is 16.8. The van der Waals surface area contributed by atoms with Gasteiger partial charge < -0.3 is 18.8 Å². The number of aromatic nitrogens is 1. The minimum absolute atomic E-state index is 0.0357. The predicted octanol–water partition coefficient (Wildman–Crippen LogP) is 3.84. The number of benzene rings is 1. The molecule has 3 aromatic rings. The van der Waals surface area contributed by atoms with E-state index in [1.54, 1.807) is 26.0 Å². The molecule has 2 aromatic heterocycles. The summed E-state index contributed by atoms with van der Waals surface area (Å²) in [5.41, 5.74) is 2.68. The van der Waals surface area contributed by atoms with Crippen LogP contribution in [0.5, 0.6) is 11.5 Å². The monoisotopic (exact) mass is 368 g/mol. The molecule has 1 amide bonds. The van der Waals surface area contributed by atoms with Crippen molar-refractivity contribution < 1.29 is 14.3 Å². The van der Waals surface area contributed by atoms with Gasteiger partial charge in [0.15, 0.2) is 0 Å². The molecule has 0 saturated carbocycles. The number of fused-ring (bicyclic) bond motifs is 1. The molecule has 0 radical (unpaired) electrons. The minimum atomic E-state index is -0.0874. The molecule has 1 aliphatic rings. The SMILES string of the molecule is COc1ccc(OC)c(C2SCCN2C(=O)c2cc3ccccn3c2)c1. The maximum Gasteiger partial charge on any atom is 0.256 e. The third-order valence-corrected chi connectivity index (χ3v) is 5.85. The van der Waals surface area contributed by atoms with Crippen molar-refractivity contribution in [2.75, 3.05) is 26.5 Å². The Morgan fingerprint density at radius 1 is 1.15 bits per heavy atom. The van der Waals surface area contributed by atoms with Gasteiger partial charge in [0.25, 0.3) is 5.91 Å². The highest BCUT2D eigenvalue weighted by atomic mass is 32.2. The van der Waals surface area contributed by atoms with Crippen molar-refractivity contribution in [1.29, 1.82) is 0 Å². The van der Waals surface area contributed by atoms with Gasteiger partial charge in [-0.15, -0.1) is 11.8 Å². The zero-order valence-electron chi connectivity index (χ0n) is 14.7. The Kier molecular flexibility index (Phi) is 4.51. The van der Waals surface area contributed by atoms with Crippen LogP contribution in [0.1, 0.15) is 21.3 Å². The Balaban J connectivity index is 1.69. The Morgan fingerprint density at radius 3 is 2.81 bits per heavy atom. The maximum absolute atomic E-state index is 13.2. The van der Waals surface area contributed by atoms with Crippen molar-refractivity contribution in [2.24, 2.45) is 0 Å². The Labute approximate surface area is 156 Å². The lowest BCUT2D eigenvalue weighted by molar-refractivity contribution is 0.0759. The van der Waals surface area contributed by atoms with Crippen LogP contribution in [-0.2, 0) is 0 Å². The number of hydrogen-bond donors (Lipinski definition) is 0. The molecular formula is C20H20N2O3S. The molecule has 0 N–H and O–H groups in total. The van der Waals surface area contributed by atoms with Gasteiger partial charge in [0.2, 0.25) is 0 Å². The summed E-state index contributed by atoms with van der Waals surface area (Å²) in [4.78, 5) is 15.1. The van der Waals surface area contributed by atoms with E-state index >= 15 is 0 Å². The first-order valence-electron chi connectivity index (χ1n) is 8.42. The second-order valence-corrected chi connectivity index (χ2v) is 7.28. The number of hydrogen-bond acceptors (Lipinski definition) is 4. The Morgan fingerprint density at radius 2 is 2.04 bits per heavy atom. The average Bonchev–Trinajstić information content (AvgIpc) is 3.33. The van der Waals surface area contributed by atoms with E-state index in [2.05, 4.69) is 0 Å². The molecule has 1 saturated heterocycles. The number of amides is 1. The Bertz CT molecular complexity index is 920. The van der Waals surface area contributed by atoms with Crippen molar-refractivity contribution in [3.8, 4) is 11.5 Å². The van der Waals surface area contributed by atoms with Crippen molar-refractivity contribution in [3.63, 3.8) is 0 Å². The summed E-state index contributed by atoms with van der Waals surface area (Å²) in [5, 5.41) is -0.0874. The molecule has 0 aliphatic carbocycles. The molecular weight excluding hydrogens is 348 g/mol. The summed E-state index contributed by atoms with van der Waals surface area (Å²) >= 11 is 1.74. The molecule has 5 nitrogen and oxygen atoms in total. The molecule has 4 rings (SSSR count).